The standard InChI is InChI=1S/C15H13F3N2O3/c1-23-13-7-10(6-11(8-13)15(16,17)18)14(19)9-2-4-12(5-3-9)20(21)22/h2-8,14H,19H2,1H3/t14-/m1/s1. The van der Waals surface area contributed by atoms with Gasteiger partial charge in [-0.05, 0) is 29.3 Å². The van der Waals surface area contributed by atoms with E-state index in [1.165, 1.54) is 37.4 Å². The Morgan fingerprint density at radius 2 is 1.74 bits per heavy atom. The molecule has 0 spiro atoms. The number of methoxy groups -OCH3 is 1. The number of nitro benzene ring substituents is 1. The van der Waals surface area contributed by atoms with E-state index < -0.39 is 22.7 Å². The van der Waals surface area contributed by atoms with Gasteiger partial charge in [0.15, 0.2) is 0 Å². The molecule has 0 aliphatic heterocycles. The molecule has 2 aromatic carbocycles. The Morgan fingerprint density at radius 3 is 2.22 bits per heavy atom. The average Bonchev–Trinajstić information content (AvgIpc) is 2.53. The minimum Gasteiger partial charge on any atom is -0.497 e. The number of nitrogens with two attached hydrogens (primary N) is 1. The third kappa shape index (κ3) is 3.78. The summed E-state index contributed by atoms with van der Waals surface area (Å²) < 4.78 is 43.6. The molecule has 2 aromatic rings. The van der Waals surface area contributed by atoms with E-state index in [1.54, 1.807) is 0 Å². The molecule has 23 heavy (non-hydrogen) atoms. The molecule has 0 aliphatic rings. The summed E-state index contributed by atoms with van der Waals surface area (Å²) in [6.07, 6.45) is -4.53. The van der Waals surface area contributed by atoms with Gasteiger partial charge in [-0.1, -0.05) is 12.1 Å². The second kappa shape index (κ2) is 6.25. The second-order valence-electron chi connectivity index (χ2n) is 4.82. The number of nitrogens with zero attached hydrogens (tertiary/aromatic N) is 1. The number of benzene rings is 2. The number of hydrogen-bond acceptors (Lipinski definition) is 4. The van der Waals surface area contributed by atoms with E-state index in [0.717, 1.165) is 12.1 Å². The van der Waals surface area contributed by atoms with Crippen LogP contribution in [0, 0.1) is 10.1 Å². The quantitative estimate of drug-likeness (QED) is 0.687. The van der Waals surface area contributed by atoms with Crippen LogP contribution in [0.15, 0.2) is 42.5 Å². The van der Waals surface area contributed by atoms with Crippen molar-refractivity contribution >= 4 is 5.69 Å². The lowest BCUT2D eigenvalue weighted by Crippen LogP contribution is -2.14. The van der Waals surface area contributed by atoms with Crippen molar-refractivity contribution in [1.82, 2.24) is 0 Å². The normalized spacial score (nSPS) is 12.7. The highest BCUT2D eigenvalue weighted by Gasteiger charge is 2.32. The van der Waals surface area contributed by atoms with Crippen LogP contribution in [0.2, 0.25) is 0 Å². The van der Waals surface area contributed by atoms with Gasteiger partial charge in [-0.3, -0.25) is 10.1 Å². The van der Waals surface area contributed by atoms with E-state index in [2.05, 4.69) is 0 Å². The molecule has 0 fully saturated rings. The molecule has 5 nitrogen and oxygen atoms in total. The first-order valence-electron chi connectivity index (χ1n) is 6.48. The Morgan fingerprint density at radius 1 is 1.13 bits per heavy atom. The molecule has 0 saturated heterocycles. The van der Waals surface area contributed by atoms with E-state index in [0.29, 0.717) is 5.56 Å². The summed E-state index contributed by atoms with van der Waals surface area (Å²) in [5, 5.41) is 10.6. The van der Waals surface area contributed by atoms with Gasteiger partial charge >= 0.3 is 6.18 Å². The maximum absolute atomic E-state index is 12.9. The van der Waals surface area contributed by atoms with E-state index in [1.807, 2.05) is 0 Å². The molecular formula is C15H13F3N2O3. The summed E-state index contributed by atoms with van der Waals surface area (Å²) in [6, 6.07) is 7.68. The molecule has 0 amide bonds. The highest BCUT2D eigenvalue weighted by atomic mass is 19.4. The first-order chi connectivity index (χ1) is 10.7. The molecule has 0 aliphatic carbocycles. The number of rotatable bonds is 4. The third-order valence-electron chi connectivity index (χ3n) is 3.31. The lowest BCUT2D eigenvalue weighted by Gasteiger charge is -2.16. The molecule has 2 N–H and O–H groups in total. The van der Waals surface area contributed by atoms with E-state index in [-0.39, 0.29) is 17.0 Å². The summed E-state index contributed by atoms with van der Waals surface area (Å²) in [5.41, 5.74) is 5.65. The molecule has 0 bridgehead atoms. The Balaban J connectivity index is 2.41. The van der Waals surface area contributed by atoms with Gasteiger partial charge in [0.05, 0.1) is 23.6 Å². The van der Waals surface area contributed by atoms with Crippen LogP contribution in [-0.4, -0.2) is 12.0 Å². The Bertz CT molecular complexity index is 715. The monoisotopic (exact) mass is 326 g/mol. The predicted octanol–water partition coefficient (Wildman–Crippen LogP) is 3.67. The molecule has 122 valence electrons. The molecule has 0 saturated carbocycles. The van der Waals surface area contributed by atoms with Crippen LogP contribution in [0.25, 0.3) is 0 Å². The highest BCUT2D eigenvalue weighted by molar-refractivity contribution is 5.43. The number of ether oxygens (including phenoxy) is 1. The Hall–Kier alpha value is -2.61. The van der Waals surface area contributed by atoms with Crippen LogP contribution in [0.1, 0.15) is 22.7 Å². The molecule has 0 unspecified atom stereocenters. The van der Waals surface area contributed by atoms with Crippen LogP contribution in [0.3, 0.4) is 0 Å². The SMILES string of the molecule is COc1cc([C@H](N)c2ccc([N+](=O)[O-])cc2)cc(C(F)(F)F)c1. The summed E-state index contributed by atoms with van der Waals surface area (Å²) in [7, 11) is 1.26. The molecule has 2 rings (SSSR count). The van der Waals surface area contributed by atoms with Crippen LogP contribution in [-0.2, 0) is 6.18 Å². The van der Waals surface area contributed by atoms with Crippen molar-refractivity contribution < 1.29 is 22.8 Å². The van der Waals surface area contributed by atoms with Gasteiger partial charge < -0.3 is 10.5 Å². The fraction of sp³-hybridized carbons (Fsp3) is 0.200. The van der Waals surface area contributed by atoms with Crippen molar-refractivity contribution in [2.75, 3.05) is 7.11 Å². The number of halogens is 3. The van der Waals surface area contributed by atoms with Crippen LogP contribution < -0.4 is 10.5 Å². The smallest absolute Gasteiger partial charge is 0.416 e. The van der Waals surface area contributed by atoms with Crippen molar-refractivity contribution in [1.29, 1.82) is 0 Å². The van der Waals surface area contributed by atoms with Gasteiger partial charge in [-0.2, -0.15) is 13.2 Å². The lowest BCUT2D eigenvalue weighted by molar-refractivity contribution is -0.384. The average molecular weight is 326 g/mol. The van der Waals surface area contributed by atoms with E-state index >= 15 is 0 Å². The van der Waals surface area contributed by atoms with Crippen LogP contribution in [0.4, 0.5) is 18.9 Å². The van der Waals surface area contributed by atoms with Gasteiger partial charge in [0.1, 0.15) is 5.75 Å². The van der Waals surface area contributed by atoms with E-state index in [4.69, 9.17) is 10.5 Å². The second-order valence-corrected chi connectivity index (χ2v) is 4.82. The van der Waals surface area contributed by atoms with Gasteiger partial charge in [-0.15, -0.1) is 0 Å². The zero-order valence-electron chi connectivity index (χ0n) is 12.0. The first-order valence-corrected chi connectivity index (χ1v) is 6.48. The maximum Gasteiger partial charge on any atom is 0.416 e. The fourth-order valence-electron chi connectivity index (χ4n) is 2.08. The molecule has 8 heteroatoms. The Labute approximate surface area is 129 Å². The van der Waals surface area contributed by atoms with Crippen molar-refractivity contribution in [2.45, 2.75) is 12.2 Å². The largest absolute Gasteiger partial charge is 0.497 e. The number of hydrogen-bond donors (Lipinski definition) is 1. The zero-order chi connectivity index (χ0) is 17.2. The number of non-ortho nitro benzene ring substituents is 1. The number of nitro groups is 1. The summed E-state index contributed by atoms with van der Waals surface area (Å²) in [6.45, 7) is 0. The summed E-state index contributed by atoms with van der Waals surface area (Å²) in [4.78, 5) is 10.1. The lowest BCUT2D eigenvalue weighted by atomic mass is 9.97. The van der Waals surface area contributed by atoms with Crippen molar-refractivity contribution in [3.05, 3.63) is 69.3 Å². The molecule has 1 atom stereocenters. The molecular weight excluding hydrogens is 313 g/mol. The summed E-state index contributed by atoms with van der Waals surface area (Å²) >= 11 is 0. The minimum absolute atomic E-state index is 0.0344. The topological polar surface area (TPSA) is 78.4 Å². The van der Waals surface area contributed by atoms with Crippen molar-refractivity contribution in [2.24, 2.45) is 5.73 Å². The van der Waals surface area contributed by atoms with Gasteiger partial charge in [0.2, 0.25) is 0 Å². The molecule has 0 radical (unpaired) electrons. The molecule has 0 aromatic heterocycles. The number of alkyl halides is 3. The maximum atomic E-state index is 12.9. The predicted molar refractivity (Wildman–Crippen MR) is 77.1 cm³/mol. The van der Waals surface area contributed by atoms with Gasteiger partial charge in [0, 0.05) is 12.1 Å². The molecule has 0 heterocycles. The third-order valence-corrected chi connectivity index (χ3v) is 3.31. The van der Waals surface area contributed by atoms with Crippen LogP contribution >= 0.6 is 0 Å². The van der Waals surface area contributed by atoms with Gasteiger partial charge in [-0.25, -0.2) is 0 Å². The fourth-order valence-corrected chi connectivity index (χ4v) is 2.08. The van der Waals surface area contributed by atoms with E-state index in [9.17, 15) is 23.3 Å². The van der Waals surface area contributed by atoms with Crippen molar-refractivity contribution in [3.63, 3.8) is 0 Å². The Kier molecular flexibility index (Phi) is 4.55. The minimum atomic E-state index is -4.53. The summed E-state index contributed by atoms with van der Waals surface area (Å²) in [5.74, 6) is 0.0344. The van der Waals surface area contributed by atoms with Crippen molar-refractivity contribution in [3.8, 4) is 5.75 Å². The first kappa shape index (κ1) is 16.8. The highest BCUT2D eigenvalue weighted by Crippen LogP contribution is 2.35. The van der Waals surface area contributed by atoms with Crippen LogP contribution in [0.5, 0.6) is 5.75 Å². The van der Waals surface area contributed by atoms with Gasteiger partial charge in [0.25, 0.3) is 5.69 Å². The zero-order valence-corrected chi connectivity index (χ0v) is 12.0.